The van der Waals surface area contributed by atoms with Gasteiger partial charge in [-0.15, -0.1) is 0 Å². The monoisotopic (exact) mass is 496 g/mol. The number of nitrogens with zero attached hydrogens (tertiary/aromatic N) is 2. The largest absolute Gasteiger partial charge is 0.484 e. The van der Waals surface area contributed by atoms with Crippen LogP contribution in [0.4, 0.5) is 11.5 Å². The normalized spacial score (nSPS) is 12.2. The van der Waals surface area contributed by atoms with Gasteiger partial charge in [-0.05, 0) is 53.6 Å². The molecule has 4 aromatic rings. The van der Waals surface area contributed by atoms with Crippen LogP contribution >= 0.6 is 0 Å². The molecule has 0 unspecified atom stereocenters. The Morgan fingerprint density at radius 1 is 0.919 bits per heavy atom. The van der Waals surface area contributed by atoms with E-state index in [0.29, 0.717) is 5.75 Å². The molecule has 8 nitrogen and oxygen atoms in total. The Hall–Kier alpha value is -4.59. The molecule has 1 aliphatic rings. The highest BCUT2D eigenvalue weighted by atomic mass is 16.5. The number of H-pyrrole nitrogens is 1. The van der Waals surface area contributed by atoms with E-state index in [1.54, 1.807) is 0 Å². The standard InChI is InChI=1S/C29H28N4O4/c30-27-26(28(35)31-29(36)33(27)18-21-10-5-2-6-11-21)32(17-20-8-3-1-4-9-20)25(34)19-37-24-15-14-22-12-7-13-23(22)16-24/h1-6,8-11,14-16H,7,12-13,17-19,30H2,(H,31,35,36). The number of aromatic amines is 1. The number of carbonyl (C=O) groups excluding carboxylic acids is 1. The van der Waals surface area contributed by atoms with Crippen LogP contribution in [0.25, 0.3) is 0 Å². The number of nitrogens with two attached hydrogens (primary N) is 1. The fraction of sp³-hybridized carbons (Fsp3) is 0.207. The van der Waals surface area contributed by atoms with Crippen molar-refractivity contribution in [3.8, 4) is 5.75 Å². The summed E-state index contributed by atoms with van der Waals surface area (Å²) in [5.74, 6) is 0.0652. The fourth-order valence-corrected chi connectivity index (χ4v) is 4.68. The summed E-state index contributed by atoms with van der Waals surface area (Å²) in [7, 11) is 0. The van der Waals surface area contributed by atoms with E-state index in [1.165, 1.54) is 20.6 Å². The van der Waals surface area contributed by atoms with Gasteiger partial charge >= 0.3 is 5.69 Å². The van der Waals surface area contributed by atoms with Crippen molar-refractivity contribution in [2.75, 3.05) is 17.2 Å². The molecule has 5 rings (SSSR count). The Morgan fingerprint density at radius 2 is 1.59 bits per heavy atom. The van der Waals surface area contributed by atoms with E-state index in [-0.39, 0.29) is 31.2 Å². The Balaban J connectivity index is 1.48. The molecular weight excluding hydrogens is 468 g/mol. The molecule has 1 aliphatic carbocycles. The summed E-state index contributed by atoms with van der Waals surface area (Å²) in [4.78, 5) is 42.8. The number of rotatable bonds is 8. The van der Waals surface area contributed by atoms with E-state index < -0.39 is 17.2 Å². The Morgan fingerprint density at radius 3 is 2.32 bits per heavy atom. The van der Waals surface area contributed by atoms with Gasteiger partial charge < -0.3 is 10.5 Å². The van der Waals surface area contributed by atoms with E-state index in [0.717, 1.165) is 30.4 Å². The highest BCUT2D eigenvalue weighted by molar-refractivity contribution is 5.96. The zero-order valence-corrected chi connectivity index (χ0v) is 20.4. The third-order valence-electron chi connectivity index (χ3n) is 6.58. The van der Waals surface area contributed by atoms with Crippen molar-refractivity contribution < 1.29 is 9.53 Å². The molecule has 0 radical (unpaired) electrons. The lowest BCUT2D eigenvalue weighted by Gasteiger charge is -2.25. The molecule has 3 aromatic carbocycles. The number of carbonyl (C=O) groups is 1. The number of hydrogen-bond donors (Lipinski definition) is 2. The first-order chi connectivity index (χ1) is 18.0. The minimum Gasteiger partial charge on any atom is -0.484 e. The smallest absolute Gasteiger partial charge is 0.330 e. The fourth-order valence-electron chi connectivity index (χ4n) is 4.68. The van der Waals surface area contributed by atoms with Crippen LogP contribution in [0, 0.1) is 0 Å². The second kappa shape index (κ2) is 10.6. The molecule has 37 heavy (non-hydrogen) atoms. The van der Waals surface area contributed by atoms with E-state index in [4.69, 9.17) is 10.5 Å². The van der Waals surface area contributed by atoms with Gasteiger partial charge in [-0.25, -0.2) is 4.79 Å². The molecule has 0 saturated heterocycles. The third kappa shape index (κ3) is 5.33. The lowest BCUT2D eigenvalue weighted by atomic mass is 10.1. The summed E-state index contributed by atoms with van der Waals surface area (Å²) >= 11 is 0. The molecule has 0 aliphatic heterocycles. The molecular formula is C29H28N4O4. The number of nitrogens with one attached hydrogen (secondary N) is 1. The lowest BCUT2D eigenvalue weighted by molar-refractivity contribution is -0.120. The highest BCUT2D eigenvalue weighted by Crippen LogP contribution is 2.26. The summed E-state index contributed by atoms with van der Waals surface area (Å²) in [6, 6.07) is 24.4. The molecule has 188 valence electrons. The quantitative estimate of drug-likeness (QED) is 0.389. The van der Waals surface area contributed by atoms with Crippen LogP contribution in [-0.2, 0) is 30.7 Å². The van der Waals surface area contributed by atoms with Gasteiger partial charge in [0.15, 0.2) is 12.3 Å². The van der Waals surface area contributed by atoms with Crippen LogP contribution in [0.3, 0.4) is 0 Å². The van der Waals surface area contributed by atoms with Gasteiger partial charge in [0.1, 0.15) is 11.6 Å². The SMILES string of the molecule is Nc1c(N(Cc2ccccc2)C(=O)COc2ccc3c(c2)CCC3)c(=O)[nH]c(=O)n1Cc1ccccc1. The molecule has 0 atom stereocenters. The number of amides is 1. The van der Waals surface area contributed by atoms with Crippen LogP contribution in [0.2, 0.25) is 0 Å². The number of benzene rings is 3. The second-order valence-electron chi connectivity index (χ2n) is 9.10. The molecule has 1 aromatic heterocycles. The average Bonchev–Trinajstić information content (AvgIpc) is 3.38. The van der Waals surface area contributed by atoms with Crippen LogP contribution < -0.4 is 26.6 Å². The van der Waals surface area contributed by atoms with Gasteiger partial charge in [-0.1, -0.05) is 66.7 Å². The van der Waals surface area contributed by atoms with Crippen LogP contribution in [0.15, 0.2) is 88.5 Å². The number of aryl methyl sites for hydroxylation is 2. The first kappa shape index (κ1) is 24.1. The van der Waals surface area contributed by atoms with E-state index >= 15 is 0 Å². The van der Waals surface area contributed by atoms with Crippen molar-refractivity contribution in [1.82, 2.24) is 9.55 Å². The maximum Gasteiger partial charge on any atom is 0.330 e. The van der Waals surface area contributed by atoms with Gasteiger partial charge in [0.05, 0.1) is 13.1 Å². The van der Waals surface area contributed by atoms with Crippen LogP contribution in [-0.4, -0.2) is 22.1 Å². The highest BCUT2D eigenvalue weighted by Gasteiger charge is 2.25. The molecule has 0 spiro atoms. The van der Waals surface area contributed by atoms with Crippen LogP contribution in [0.5, 0.6) is 5.75 Å². The molecule has 0 saturated carbocycles. The minimum absolute atomic E-state index is 0.0815. The maximum atomic E-state index is 13.5. The average molecular weight is 497 g/mol. The number of anilines is 2. The van der Waals surface area contributed by atoms with Gasteiger partial charge in [-0.3, -0.25) is 24.0 Å². The molecule has 1 heterocycles. The zero-order chi connectivity index (χ0) is 25.8. The van der Waals surface area contributed by atoms with E-state index in [9.17, 15) is 14.4 Å². The van der Waals surface area contributed by atoms with Crippen LogP contribution in [0.1, 0.15) is 28.7 Å². The topological polar surface area (TPSA) is 110 Å². The predicted octanol–water partition coefficient (Wildman–Crippen LogP) is 3.27. The number of hydrogen-bond acceptors (Lipinski definition) is 5. The molecule has 1 amide bonds. The van der Waals surface area contributed by atoms with Gasteiger partial charge in [0, 0.05) is 0 Å². The number of aromatic nitrogens is 2. The summed E-state index contributed by atoms with van der Waals surface area (Å²) in [6.45, 7) is -0.0549. The Labute approximate surface area is 213 Å². The summed E-state index contributed by atoms with van der Waals surface area (Å²) in [5, 5.41) is 0. The summed E-state index contributed by atoms with van der Waals surface area (Å²) in [5.41, 5.74) is 9.12. The lowest BCUT2D eigenvalue weighted by Crippen LogP contribution is -2.42. The van der Waals surface area contributed by atoms with Gasteiger partial charge in [0.25, 0.3) is 11.5 Å². The zero-order valence-electron chi connectivity index (χ0n) is 20.4. The van der Waals surface area contributed by atoms with Crippen molar-refractivity contribution in [3.05, 3.63) is 122 Å². The minimum atomic E-state index is -0.728. The Bertz CT molecular complexity index is 1530. The molecule has 0 fully saturated rings. The van der Waals surface area contributed by atoms with Crippen molar-refractivity contribution in [3.63, 3.8) is 0 Å². The first-order valence-electron chi connectivity index (χ1n) is 12.2. The second-order valence-corrected chi connectivity index (χ2v) is 9.10. The third-order valence-corrected chi connectivity index (χ3v) is 6.58. The van der Waals surface area contributed by atoms with Crippen molar-refractivity contribution in [2.24, 2.45) is 0 Å². The van der Waals surface area contributed by atoms with Gasteiger partial charge in [0.2, 0.25) is 0 Å². The first-order valence-corrected chi connectivity index (χ1v) is 12.2. The maximum absolute atomic E-state index is 13.5. The van der Waals surface area contributed by atoms with E-state index in [2.05, 4.69) is 4.98 Å². The summed E-state index contributed by atoms with van der Waals surface area (Å²) in [6.07, 6.45) is 3.17. The van der Waals surface area contributed by atoms with Gasteiger partial charge in [-0.2, -0.15) is 0 Å². The van der Waals surface area contributed by atoms with E-state index in [1.807, 2.05) is 78.9 Å². The molecule has 0 bridgehead atoms. The number of fused-ring (bicyclic) bond motifs is 1. The number of ether oxygens (including phenoxy) is 1. The molecule has 8 heteroatoms. The van der Waals surface area contributed by atoms with Crippen molar-refractivity contribution >= 4 is 17.4 Å². The predicted molar refractivity (Wildman–Crippen MR) is 143 cm³/mol. The van der Waals surface area contributed by atoms with Crippen molar-refractivity contribution in [2.45, 2.75) is 32.4 Å². The number of nitrogen functional groups attached to an aromatic ring is 1. The molecule has 3 N–H and O–H groups in total. The Kier molecular flexibility index (Phi) is 6.89. The van der Waals surface area contributed by atoms with Crippen molar-refractivity contribution in [1.29, 1.82) is 0 Å². The summed E-state index contributed by atoms with van der Waals surface area (Å²) < 4.78 is 7.11.